The summed E-state index contributed by atoms with van der Waals surface area (Å²) in [5, 5.41) is 24.4. The van der Waals surface area contributed by atoms with Crippen LogP contribution >= 0.6 is 11.8 Å². The largest absolute Gasteiger partial charge is 0.505 e. The maximum atomic E-state index is 13.0. The van der Waals surface area contributed by atoms with Gasteiger partial charge in [-0.2, -0.15) is 0 Å². The standard InChI is InChI=1S/C24H25N3O5S/c1-15-7-9-16(10-8-15)18(13-21(29)30)25-24(32)26-22-19(28)11-12-27(23(22)31)14-17-5-3-4-6-20(17)33-2/h3-12,18,28H,13-14H2,1-2H3,(H,29,30)(H2,25,26,32)/t18-/m0/s1. The van der Waals surface area contributed by atoms with Crippen LogP contribution in [-0.4, -0.2) is 33.0 Å². The molecule has 0 fully saturated rings. The van der Waals surface area contributed by atoms with Gasteiger partial charge in [0, 0.05) is 11.1 Å². The number of nitrogens with one attached hydrogen (secondary N) is 2. The number of hydrogen-bond donors (Lipinski definition) is 4. The average Bonchev–Trinajstić information content (AvgIpc) is 2.78. The Labute approximate surface area is 195 Å². The predicted molar refractivity (Wildman–Crippen MR) is 128 cm³/mol. The Kier molecular flexibility index (Phi) is 7.78. The van der Waals surface area contributed by atoms with Gasteiger partial charge >= 0.3 is 12.0 Å². The molecule has 8 nitrogen and oxygen atoms in total. The van der Waals surface area contributed by atoms with E-state index in [0.717, 1.165) is 16.0 Å². The number of thioether (sulfide) groups is 1. The first-order chi connectivity index (χ1) is 15.8. The molecule has 0 aliphatic heterocycles. The van der Waals surface area contributed by atoms with Crippen LogP contribution in [0.4, 0.5) is 10.5 Å². The number of carbonyl (C=O) groups excluding carboxylic acids is 1. The van der Waals surface area contributed by atoms with Crippen molar-refractivity contribution in [2.24, 2.45) is 0 Å². The Balaban J connectivity index is 1.82. The zero-order chi connectivity index (χ0) is 24.0. The topological polar surface area (TPSA) is 121 Å². The van der Waals surface area contributed by atoms with Gasteiger partial charge in [0.25, 0.3) is 5.56 Å². The van der Waals surface area contributed by atoms with E-state index in [1.165, 1.54) is 16.8 Å². The number of aromatic nitrogens is 1. The van der Waals surface area contributed by atoms with Gasteiger partial charge in [0.05, 0.1) is 19.0 Å². The van der Waals surface area contributed by atoms with Crippen molar-refractivity contribution < 1.29 is 19.8 Å². The zero-order valence-electron chi connectivity index (χ0n) is 18.2. The fourth-order valence-electron chi connectivity index (χ4n) is 3.36. The van der Waals surface area contributed by atoms with Crippen LogP contribution in [0.15, 0.2) is 70.5 Å². The van der Waals surface area contributed by atoms with Crippen LogP contribution in [0.2, 0.25) is 0 Å². The Bertz CT molecular complexity index is 1210. The van der Waals surface area contributed by atoms with E-state index < -0.39 is 23.6 Å². The molecule has 0 aliphatic rings. The smallest absolute Gasteiger partial charge is 0.319 e. The lowest BCUT2D eigenvalue weighted by atomic mass is 10.0. The fourth-order valence-corrected chi connectivity index (χ4v) is 3.97. The van der Waals surface area contributed by atoms with Crippen LogP contribution < -0.4 is 16.2 Å². The second-order valence-electron chi connectivity index (χ2n) is 7.48. The molecule has 0 bridgehead atoms. The van der Waals surface area contributed by atoms with Crippen LogP contribution in [0.5, 0.6) is 5.75 Å². The van der Waals surface area contributed by atoms with Gasteiger partial charge in [0.15, 0.2) is 5.69 Å². The minimum absolute atomic E-state index is 0.261. The lowest BCUT2D eigenvalue weighted by Crippen LogP contribution is -2.36. The van der Waals surface area contributed by atoms with Gasteiger partial charge in [-0.25, -0.2) is 4.79 Å². The Morgan fingerprint density at radius 2 is 1.79 bits per heavy atom. The number of rotatable bonds is 8. The maximum Gasteiger partial charge on any atom is 0.319 e. The molecule has 0 saturated carbocycles. The van der Waals surface area contributed by atoms with Gasteiger partial charge in [0.1, 0.15) is 5.75 Å². The lowest BCUT2D eigenvalue weighted by molar-refractivity contribution is -0.137. The molecule has 3 rings (SSSR count). The van der Waals surface area contributed by atoms with Crippen molar-refractivity contribution >= 4 is 29.4 Å². The van der Waals surface area contributed by atoms with Crippen LogP contribution in [0.3, 0.4) is 0 Å². The molecule has 2 aromatic carbocycles. The molecule has 3 aromatic rings. The summed E-state index contributed by atoms with van der Waals surface area (Å²) >= 11 is 1.56. The van der Waals surface area contributed by atoms with Crippen molar-refractivity contribution in [3.8, 4) is 5.75 Å². The molecule has 4 N–H and O–H groups in total. The molecule has 0 spiro atoms. The van der Waals surface area contributed by atoms with Crippen LogP contribution in [0.1, 0.15) is 29.2 Å². The summed E-state index contributed by atoms with van der Waals surface area (Å²) in [5.74, 6) is -1.46. The number of carboxylic acids is 1. The summed E-state index contributed by atoms with van der Waals surface area (Å²) in [6.45, 7) is 2.16. The lowest BCUT2D eigenvalue weighted by Gasteiger charge is -2.19. The van der Waals surface area contributed by atoms with Crippen LogP contribution in [0, 0.1) is 6.92 Å². The van der Waals surface area contributed by atoms with E-state index in [9.17, 15) is 24.6 Å². The summed E-state index contributed by atoms with van der Waals surface area (Å²) in [6.07, 6.45) is 3.06. The van der Waals surface area contributed by atoms with Crippen molar-refractivity contribution in [3.05, 3.63) is 87.8 Å². The first kappa shape index (κ1) is 23.9. The molecule has 2 amide bonds. The number of aromatic hydroxyl groups is 1. The molecule has 0 aliphatic carbocycles. The maximum absolute atomic E-state index is 13.0. The molecule has 0 unspecified atom stereocenters. The number of carbonyl (C=O) groups is 2. The van der Waals surface area contributed by atoms with Crippen molar-refractivity contribution in [2.45, 2.75) is 30.8 Å². The molecule has 1 aromatic heterocycles. The Morgan fingerprint density at radius 3 is 2.45 bits per heavy atom. The van der Waals surface area contributed by atoms with E-state index in [0.29, 0.717) is 5.56 Å². The fraction of sp³-hybridized carbons (Fsp3) is 0.208. The van der Waals surface area contributed by atoms with E-state index in [1.807, 2.05) is 49.6 Å². The van der Waals surface area contributed by atoms with E-state index in [4.69, 9.17) is 0 Å². The zero-order valence-corrected chi connectivity index (χ0v) is 19.1. The first-order valence-corrected chi connectivity index (χ1v) is 11.4. The highest BCUT2D eigenvalue weighted by Gasteiger charge is 2.20. The number of benzene rings is 2. The van der Waals surface area contributed by atoms with Gasteiger partial charge in [-0.15, -0.1) is 11.8 Å². The average molecular weight is 468 g/mol. The third-order valence-electron chi connectivity index (χ3n) is 5.08. The number of aryl methyl sites for hydroxylation is 1. The summed E-state index contributed by atoms with van der Waals surface area (Å²) in [4.78, 5) is 37.9. The highest BCUT2D eigenvalue weighted by atomic mass is 32.2. The number of hydrogen-bond acceptors (Lipinski definition) is 5. The minimum atomic E-state index is -1.08. The molecular formula is C24H25N3O5S. The van der Waals surface area contributed by atoms with Crippen LogP contribution in [-0.2, 0) is 11.3 Å². The quantitative estimate of drug-likeness (QED) is 0.372. The first-order valence-electron chi connectivity index (χ1n) is 10.2. The van der Waals surface area contributed by atoms with Gasteiger partial charge < -0.3 is 25.4 Å². The summed E-state index contributed by atoms with van der Waals surface area (Å²) in [7, 11) is 0. The molecule has 172 valence electrons. The number of amides is 2. The van der Waals surface area contributed by atoms with E-state index >= 15 is 0 Å². The van der Waals surface area contributed by atoms with Gasteiger partial charge in [-0.1, -0.05) is 48.0 Å². The number of pyridine rings is 1. The minimum Gasteiger partial charge on any atom is -0.505 e. The highest BCUT2D eigenvalue weighted by Crippen LogP contribution is 2.23. The van der Waals surface area contributed by atoms with E-state index in [2.05, 4.69) is 10.6 Å². The van der Waals surface area contributed by atoms with Crippen molar-refractivity contribution in [1.82, 2.24) is 9.88 Å². The summed E-state index contributed by atoms with van der Waals surface area (Å²) in [6, 6.07) is 14.5. The molecule has 0 radical (unpaired) electrons. The van der Waals surface area contributed by atoms with Crippen molar-refractivity contribution in [3.63, 3.8) is 0 Å². The van der Waals surface area contributed by atoms with Gasteiger partial charge in [-0.05, 0) is 36.4 Å². The third kappa shape index (κ3) is 6.17. The SMILES string of the molecule is CSc1ccccc1Cn1ccc(O)c(NC(=O)N[C@@H](CC(=O)O)c2ccc(C)cc2)c1=O. The monoisotopic (exact) mass is 467 g/mol. The molecular weight excluding hydrogens is 442 g/mol. The third-order valence-corrected chi connectivity index (χ3v) is 5.92. The van der Waals surface area contributed by atoms with E-state index in [1.54, 1.807) is 23.9 Å². The van der Waals surface area contributed by atoms with Crippen LogP contribution in [0.25, 0.3) is 0 Å². The molecule has 1 heterocycles. The summed E-state index contributed by atoms with van der Waals surface area (Å²) in [5.41, 5.74) is 1.67. The van der Waals surface area contributed by atoms with Gasteiger partial charge in [-0.3, -0.25) is 9.59 Å². The number of urea groups is 1. The Morgan fingerprint density at radius 1 is 1.09 bits per heavy atom. The second-order valence-corrected chi connectivity index (χ2v) is 8.33. The highest BCUT2D eigenvalue weighted by molar-refractivity contribution is 7.98. The van der Waals surface area contributed by atoms with Gasteiger partial charge in [0.2, 0.25) is 0 Å². The number of anilines is 1. The Hall–Kier alpha value is -3.72. The number of carboxylic acid groups (broad SMARTS) is 1. The summed E-state index contributed by atoms with van der Waals surface area (Å²) < 4.78 is 1.39. The van der Waals surface area contributed by atoms with Crippen molar-refractivity contribution in [1.29, 1.82) is 0 Å². The number of nitrogens with zero attached hydrogens (tertiary/aromatic N) is 1. The molecule has 0 saturated heterocycles. The normalized spacial score (nSPS) is 11.6. The predicted octanol–water partition coefficient (Wildman–Crippen LogP) is 3.97. The molecule has 33 heavy (non-hydrogen) atoms. The second kappa shape index (κ2) is 10.7. The number of aliphatic carboxylic acids is 1. The van der Waals surface area contributed by atoms with Crippen molar-refractivity contribution in [2.75, 3.05) is 11.6 Å². The molecule has 1 atom stereocenters. The molecule has 9 heteroatoms. The van der Waals surface area contributed by atoms with E-state index in [-0.39, 0.29) is 24.4 Å².